The number of nitro benzene ring substituents is 1. The summed E-state index contributed by atoms with van der Waals surface area (Å²) in [4.78, 5) is 14.1. The predicted molar refractivity (Wildman–Crippen MR) is 58.0 cm³/mol. The zero-order chi connectivity index (χ0) is 11.5. The molecule has 16 heavy (non-hydrogen) atoms. The number of nitrogens with zero attached hydrogens (tertiary/aromatic N) is 3. The van der Waals surface area contributed by atoms with Gasteiger partial charge in [0.1, 0.15) is 5.82 Å². The molecule has 0 atom stereocenters. The minimum Gasteiger partial charge on any atom is -0.262 e. The van der Waals surface area contributed by atoms with Gasteiger partial charge < -0.3 is 0 Å². The highest BCUT2D eigenvalue weighted by atomic mass is 35.5. The van der Waals surface area contributed by atoms with Crippen molar-refractivity contribution in [2.75, 3.05) is 0 Å². The van der Waals surface area contributed by atoms with Crippen molar-refractivity contribution in [3.63, 3.8) is 0 Å². The molecule has 0 radical (unpaired) electrons. The first-order chi connectivity index (χ1) is 7.70. The minimum absolute atomic E-state index is 0.0388. The molecular formula is C9H7ClN4O2. The summed E-state index contributed by atoms with van der Waals surface area (Å²) in [5, 5.41) is 17.1. The van der Waals surface area contributed by atoms with Crippen molar-refractivity contribution in [1.82, 2.24) is 15.2 Å². The zero-order valence-electron chi connectivity index (χ0n) is 8.05. The zero-order valence-corrected chi connectivity index (χ0v) is 8.81. The highest BCUT2D eigenvalue weighted by Gasteiger charge is 2.08. The van der Waals surface area contributed by atoms with Gasteiger partial charge >= 0.3 is 0 Å². The summed E-state index contributed by atoms with van der Waals surface area (Å²) in [5.41, 5.74) is 0.745. The summed E-state index contributed by atoms with van der Waals surface area (Å²) in [6, 6.07) is 6.01. The predicted octanol–water partition coefficient (Wildman–Crippen LogP) is 2.12. The molecule has 0 aliphatic rings. The number of benzene rings is 1. The number of rotatable bonds is 3. The number of H-pyrrole nitrogens is 1. The van der Waals surface area contributed by atoms with Crippen molar-refractivity contribution in [2.24, 2.45) is 0 Å². The minimum atomic E-state index is -0.452. The number of aromatic nitrogens is 3. The van der Waals surface area contributed by atoms with Gasteiger partial charge in [-0.2, -0.15) is 5.10 Å². The van der Waals surface area contributed by atoms with E-state index >= 15 is 0 Å². The first-order valence-corrected chi connectivity index (χ1v) is 4.96. The molecule has 0 spiro atoms. The maximum atomic E-state index is 10.4. The molecule has 2 rings (SSSR count). The topological polar surface area (TPSA) is 84.7 Å². The standard InChI is InChI=1S/C9H7ClN4O2/c10-5-8-11-9(13-12-8)6-1-3-7(4-2-6)14(15)16/h1-4H,5H2,(H,11,12,13). The van der Waals surface area contributed by atoms with E-state index in [1.807, 2.05) is 0 Å². The van der Waals surface area contributed by atoms with E-state index in [1.165, 1.54) is 12.1 Å². The van der Waals surface area contributed by atoms with Gasteiger partial charge in [-0.1, -0.05) is 0 Å². The van der Waals surface area contributed by atoms with Crippen molar-refractivity contribution < 1.29 is 4.92 Å². The number of aromatic amines is 1. The molecule has 0 aliphatic carbocycles. The Bertz CT molecular complexity index is 508. The van der Waals surface area contributed by atoms with Crippen molar-refractivity contribution in [3.05, 3.63) is 40.2 Å². The Morgan fingerprint density at radius 2 is 2.06 bits per heavy atom. The summed E-state index contributed by atoms with van der Waals surface area (Å²) in [5.74, 6) is 1.29. The van der Waals surface area contributed by atoms with Gasteiger partial charge in [0.15, 0.2) is 5.82 Å². The lowest BCUT2D eigenvalue weighted by Gasteiger charge is -1.94. The second-order valence-corrected chi connectivity index (χ2v) is 3.31. The van der Waals surface area contributed by atoms with Crippen molar-refractivity contribution in [3.8, 4) is 11.4 Å². The van der Waals surface area contributed by atoms with Crippen LogP contribution in [-0.2, 0) is 5.88 Å². The number of non-ortho nitro benzene ring substituents is 1. The number of alkyl halides is 1. The molecule has 0 saturated heterocycles. The van der Waals surface area contributed by atoms with Crippen LogP contribution in [0, 0.1) is 10.1 Å². The van der Waals surface area contributed by atoms with Crippen LogP contribution in [-0.4, -0.2) is 20.1 Å². The van der Waals surface area contributed by atoms with E-state index in [9.17, 15) is 10.1 Å². The van der Waals surface area contributed by atoms with Gasteiger partial charge in [0.25, 0.3) is 5.69 Å². The normalized spacial score (nSPS) is 10.3. The van der Waals surface area contributed by atoms with Crippen LogP contribution in [0.2, 0.25) is 0 Å². The molecule has 0 amide bonds. The van der Waals surface area contributed by atoms with Gasteiger partial charge in [0, 0.05) is 17.7 Å². The van der Waals surface area contributed by atoms with E-state index in [4.69, 9.17) is 11.6 Å². The molecule has 82 valence electrons. The van der Waals surface area contributed by atoms with Crippen molar-refractivity contribution >= 4 is 17.3 Å². The highest BCUT2D eigenvalue weighted by molar-refractivity contribution is 6.16. The number of hydrogen-bond acceptors (Lipinski definition) is 4. The van der Waals surface area contributed by atoms with Gasteiger partial charge in [0.05, 0.1) is 10.8 Å². The van der Waals surface area contributed by atoms with Crippen LogP contribution < -0.4 is 0 Å². The van der Waals surface area contributed by atoms with E-state index in [0.29, 0.717) is 17.2 Å². The van der Waals surface area contributed by atoms with Gasteiger partial charge in [-0.3, -0.25) is 15.2 Å². The number of nitro groups is 1. The molecule has 1 aromatic carbocycles. The summed E-state index contributed by atoms with van der Waals surface area (Å²) in [7, 11) is 0. The molecule has 2 aromatic rings. The average molecular weight is 239 g/mol. The first kappa shape index (κ1) is 10.6. The van der Waals surface area contributed by atoms with Crippen LogP contribution in [0.4, 0.5) is 5.69 Å². The number of halogens is 1. The van der Waals surface area contributed by atoms with Crippen LogP contribution in [0.3, 0.4) is 0 Å². The molecule has 1 aromatic heterocycles. The number of hydrogen-bond donors (Lipinski definition) is 1. The summed E-state index contributed by atoms with van der Waals surface area (Å²) in [6.45, 7) is 0. The van der Waals surface area contributed by atoms with Crippen molar-refractivity contribution in [2.45, 2.75) is 5.88 Å². The quantitative estimate of drug-likeness (QED) is 0.504. The Morgan fingerprint density at radius 1 is 1.38 bits per heavy atom. The second-order valence-electron chi connectivity index (χ2n) is 3.04. The Kier molecular flexibility index (Phi) is 2.82. The van der Waals surface area contributed by atoms with Crippen LogP contribution in [0.1, 0.15) is 5.82 Å². The van der Waals surface area contributed by atoms with Gasteiger partial charge in [-0.05, 0) is 12.1 Å². The Labute approximate surface area is 95.4 Å². The highest BCUT2D eigenvalue weighted by Crippen LogP contribution is 2.19. The lowest BCUT2D eigenvalue weighted by atomic mass is 10.2. The first-order valence-electron chi connectivity index (χ1n) is 4.43. The molecule has 0 aliphatic heterocycles. The Balaban J connectivity index is 2.30. The van der Waals surface area contributed by atoms with Gasteiger partial charge in [-0.25, -0.2) is 4.98 Å². The number of nitrogens with one attached hydrogen (secondary N) is 1. The van der Waals surface area contributed by atoms with E-state index < -0.39 is 4.92 Å². The van der Waals surface area contributed by atoms with E-state index in [2.05, 4.69) is 15.2 Å². The molecule has 0 saturated carbocycles. The van der Waals surface area contributed by atoms with Crippen molar-refractivity contribution in [1.29, 1.82) is 0 Å². The average Bonchev–Trinajstić information content (AvgIpc) is 2.77. The molecule has 1 heterocycles. The lowest BCUT2D eigenvalue weighted by molar-refractivity contribution is -0.384. The largest absolute Gasteiger partial charge is 0.269 e. The summed E-state index contributed by atoms with van der Waals surface area (Å²) < 4.78 is 0. The van der Waals surface area contributed by atoms with Gasteiger partial charge in [0.2, 0.25) is 0 Å². The third kappa shape index (κ3) is 2.01. The van der Waals surface area contributed by atoms with Gasteiger partial charge in [-0.15, -0.1) is 11.6 Å². The maximum Gasteiger partial charge on any atom is 0.269 e. The molecule has 1 N–H and O–H groups in total. The SMILES string of the molecule is O=[N+]([O-])c1ccc(-c2n[nH]c(CCl)n2)cc1. The van der Waals surface area contributed by atoms with E-state index in [1.54, 1.807) is 12.1 Å². The molecule has 0 unspecified atom stereocenters. The van der Waals surface area contributed by atoms with Crippen LogP contribution in [0.25, 0.3) is 11.4 Å². The molecule has 0 fully saturated rings. The van der Waals surface area contributed by atoms with Crippen LogP contribution in [0.15, 0.2) is 24.3 Å². The summed E-state index contributed by atoms with van der Waals surface area (Å²) >= 11 is 5.57. The third-order valence-electron chi connectivity index (χ3n) is 1.99. The van der Waals surface area contributed by atoms with Crippen LogP contribution >= 0.6 is 11.6 Å². The van der Waals surface area contributed by atoms with E-state index in [-0.39, 0.29) is 11.6 Å². The van der Waals surface area contributed by atoms with Crippen LogP contribution in [0.5, 0.6) is 0 Å². The second kappa shape index (κ2) is 4.28. The molecular weight excluding hydrogens is 232 g/mol. The fraction of sp³-hybridized carbons (Fsp3) is 0.111. The molecule has 0 bridgehead atoms. The fourth-order valence-corrected chi connectivity index (χ4v) is 1.34. The summed E-state index contributed by atoms with van der Waals surface area (Å²) in [6.07, 6.45) is 0. The molecule has 6 nitrogen and oxygen atoms in total. The van der Waals surface area contributed by atoms with E-state index in [0.717, 1.165) is 0 Å². The molecule has 7 heteroatoms. The monoisotopic (exact) mass is 238 g/mol. The Morgan fingerprint density at radius 3 is 2.56 bits per heavy atom. The Hall–Kier alpha value is -1.95. The smallest absolute Gasteiger partial charge is 0.262 e. The third-order valence-corrected chi connectivity index (χ3v) is 2.25. The maximum absolute atomic E-state index is 10.4. The fourth-order valence-electron chi connectivity index (χ4n) is 1.22. The lowest BCUT2D eigenvalue weighted by Crippen LogP contribution is -1.87.